The molecule has 0 spiro atoms. The van der Waals surface area contributed by atoms with E-state index in [-0.39, 0.29) is 12.1 Å². The number of hydrogen-bond acceptors (Lipinski definition) is 2. The zero-order valence-electron chi connectivity index (χ0n) is 8.87. The van der Waals surface area contributed by atoms with Gasteiger partial charge in [-0.25, -0.2) is 0 Å². The number of nitrogens with two attached hydrogens (primary N) is 1. The van der Waals surface area contributed by atoms with Gasteiger partial charge in [0.25, 0.3) is 0 Å². The Labute approximate surface area is 96.0 Å². The lowest BCUT2D eigenvalue weighted by Gasteiger charge is -2.18. The molecule has 0 fully saturated rings. The highest BCUT2D eigenvalue weighted by Crippen LogP contribution is 2.35. The minimum absolute atomic E-state index is 0.0649. The lowest BCUT2D eigenvalue weighted by atomic mass is 9.91. The predicted octanol–water partition coefficient (Wildman–Crippen LogP) is 2.22. The molecular weight excluding hydrogens is 235 g/mol. The first-order valence-electron chi connectivity index (χ1n) is 4.94. The third kappa shape index (κ3) is 3.45. The Kier molecular flexibility index (Phi) is 4.11. The van der Waals surface area contributed by atoms with Crippen LogP contribution in [0.1, 0.15) is 23.5 Å². The quantitative estimate of drug-likeness (QED) is 0.857. The Morgan fingerprint density at radius 2 is 1.94 bits per heavy atom. The van der Waals surface area contributed by atoms with E-state index in [4.69, 9.17) is 10.8 Å². The SMILES string of the molecule is NC[C@H](CC(=O)O)c1ccccc1C(F)(F)F. The van der Waals surface area contributed by atoms with Crippen molar-refractivity contribution in [2.24, 2.45) is 5.73 Å². The van der Waals surface area contributed by atoms with Crippen LogP contribution in [0, 0.1) is 0 Å². The summed E-state index contributed by atoms with van der Waals surface area (Å²) in [7, 11) is 0. The molecule has 0 aliphatic rings. The Morgan fingerprint density at radius 3 is 2.41 bits per heavy atom. The van der Waals surface area contributed by atoms with Crippen LogP contribution in [0.5, 0.6) is 0 Å². The summed E-state index contributed by atoms with van der Waals surface area (Å²) >= 11 is 0. The van der Waals surface area contributed by atoms with E-state index < -0.39 is 30.0 Å². The topological polar surface area (TPSA) is 63.3 Å². The van der Waals surface area contributed by atoms with Gasteiger partial charge in [0.1, 0.15) is 0 Å². The summed E-state index contributed by atoms with van der Waals surface area (Å²) in [5.41, 5.74) is 4.45. The maximum absolute atomic E-state index is 12.7. The van der Waals surface area contributed by atoms with Gasteiger partial charge in [0.2, 0.25) is 0 Å². The molecule has 1 rings (SSSR count). The third-order valence-corrected chi connectivity index (χ3v) is 2.41. The second-order valence-electron chi connectivity index (χ2n) is 3.62. The van der Waals surface area contributed by atoms with E-state index in [0.29, 0.717) is 0 Å². The number of carbonyl (C=O) groups is 1. The van der Waals surface area contributed by atoms with Crippen molar-refractivity contribution < 1.29 is 23.1 Å². The highest BCUT2D eigenvalue weighted by atomic mass is 19.4. The van der Waals surface area contributed by atoms with Gasteiger partial charge in [-0.3, -0.25) is 4.79 Å². The molecule has 0 saturated heterocycles. The van der Waals surface area contributed by atoms with E-state index in [0.717, 1.165) is 6.07 Å². The summed E-state index contributed by atoms with van der Waals surface area (Å²) in [6.45, 7) is -0.139. The fourth-order valence-corrected chi connectivity index (χ4v) is 1.64. The van der Waals surface area contributed by atoms with Crippen LogP contribution in [0.3, 0.4) is 0 Å². The number of carboxylic acid groups (broad SMARTS) is 1. The highest BCUT2D eigenvalue weighted by Gasteiger charge is 2.34. The molecule has 1 aromatic carbocycles. The number of aliphatic carboxylic acids is 1. The van der Waals surface area contributed by atoms with Gasteiger partial charge >= 0.3 is 12.1 Å². The monoisotopic (exact) mass is 247 g/mol. The normalized spacial score (nSPS) is 13.4. The van der Waals surface area contributed by atoms with Crippen LogP contribution < -0.4 is 5.73 Å². The number of alkyl halides is 3. The van der Waals surface area contributed by atoms with Gasteiger partial charge in [-0.2, -0.15) is 13.2 Å². The van der Waals surface area contributed by atoms with Crippen molar-refractivity contribution >= 4 is 5.97 Å². The largest absolute Gasteiger partial charge is 0.481 e. The molecule has 94 valence electrons. The maximum Gasteiger partial charge on any atom is 0.416 e. The molecule has 0 saturated carbocycles. The van der Waals surface area contributed by atoms with Crippen LogP contribution in [-0.4, -0.2) is 17.6 Å². The zero-order chi connectivity index (χ0) is 13.1. The van der Waals surface area contributed by atoms with Crippen molar-refractivity contribution in [1.82, 2.24) is 0 Å². The number of carboxylic acids is 1. The fourth-order valence-electron chi connectivity index (χ4n) is 1.64. The summed E-state index contributed by atoms with van der Waals surface area (Å²) in [6, 6.07) is 4.90. The number of benzene rings is 1. The van der Waals surface area contributed by atoms with Crippen molar-refractivity contribution in [3.8, 4) is 0 Å². The highest BCUT2D eigenvalue weighted by molar-refractivity contribution is 5.68. The van der Waals surface area contributed by atoms with Gasteiger partial charge in [-0.15, -0.1) is 0 Å². The summed E-state index contributed by atoms with van der Waals surface area (Å²) in [4.78, 5) is 10.6. The molecule has 3 N–H and O–H groups in total. The number of halogens is 3. The summed E-state index contributed by atoms with van der Waals surface area (Å²) < 4.78 is 38.1. The van der Waals surface area contributed by atoms with E-state index in [2.05, 4.69) is 0 Å². The standard InChI is InChI=1S/C11H12F3NO2/c12-11(13,14)9-4-2-1-3-8(9)7(6-15)5-10(16)17/h1-4,7H,5-6,15H2,(H,16,17)/t7-/m0/s1. The Balaban J connectivity index is 3.15. The molecule has 3 nitrogen and oxygen atoms in total. The van der Waals surface area contributed by atoms with Crippen LogP contribution >= 0.6 is 0 Å². The first-order chi connectivity index (χ1) is 7.86. The van der Waals surface area contributed by atoms with Crippen LogP contribution in [0.15, 0.2) is 24.3 Å². The minimum atomic E-state index is -4.50. The number of rotatable bonds is 4. The van der Waals surface area contributed by atoms with Crippen molar-refractivity contribution in [2.45, 2.75) is 18.5 Å². The molecule has 0 heterocycles. The molecule has 1 aromatic rings. The van der Waals surface area contributed by atoms with Crippen molar-refractivity contribution in [3.63, 3.8) is 0 Å². The van der Waals surface area contributed by atoms with E-state index in [1.807, 2.05) is 0 Å². The van der Waals surface area contributed by atoms with Gasteiger partial charge in [0.05, 0.1) is 12.0 Å². The molecule has 0 aliphatic carbocycles. The first kappa shape index (κ1) is 13.5. The zero-order valence-corrected chi connectivity index (χ0v) is 8.87. The van der Waals surface area contributed by atoms with Crippen molar-refractivity contribution in [3.05, 3.63) is 35.4 Å². The molecule has 1 atom stereocenters. The average molecular weight is 247 g/mol. The third-order valence-electron chi connectivity index (χ3n) is 2.41. The second-order valence-corrected chi connectivity index (χ2v) is 3.62. The first-order valence-corrected chi connectivity index (χ1v) is 4.94. The molecular formula is C11H12F3NO2. The smallest absolute Gasteiger partial charge is 0.416 e. The average Bonchev–Trinajstić information content (AvgIpc) is 2.24. The van der Waals surface area contributed by atoms with Crippen LogP contribution in [0.2, 0.25) is 0 Å². The molecule has 0 aromatic heterocycles. The lowest BCUT2D eigenvalue weighted by Crippen LogP contribution is -2.20. The molecule has 0 aliphatic heterocycles. The summed E-state index contributed by atoms with van der Waals surface area (Å²) in [6.07, 6.45) is -4.91. The Hall–Kier alpha value is -1.56. The fraction of sp³-hybridized carbons (Fsp3) is 0.364. The van der Waals surface area contributed by atoms with Crippen LogP contribution in [0.4, 0.5) is 13.2 Å². The predicted molar refractivity (Wildman–Crippen MR) is 55.5 cm³/mol. The van der Waals surface area contributed by atoms with Crippen LogP contribution in [0.25, 0.3) is 0 Å². The van der Waals surface area contributed by atoms with Gasteiger partial charge in [-0.1, -0.05) is 18.2 Å². The summed E-state index contributed by atoms with van der Waals surface area (Å²) in [5.74, 6) is -2.00. The molecule has 0 unspecified atom stereocenters. The molecule has 6 heteroatoms. The molecule has 17 heavy (non-hydrogen) atoms. The molecule has 0 amide bonds. The van der Waals surface area contributed by atoms with E-state index in [1.165, 1.54) is 18.2 Å². The van der Waals surface area contributed by atoms with Crippen molar-refractivity contribution in [1.29, 1.82) is 0 Å². The molecule has 0 bridgehead atoms. The summed E-state index contributed by atoms with van der Waals surface area (Å²) in [5, 5.41) is 8.63. The minimum Gasteiger partial charge on any atom is -0.481 e. The molecule has 0 radical (unpaired) electrons. The number of hydrogen-bond donors (Lipinski definition) is 2. The van der Waals surface area contributed by atoms with Gasteiger partial charge < -0.3 is 10.8 Å². The van der Waals surface area contributed by atoms with Gasteiger partial charge in [0.15, 0.2) is 0 Å². The van der Waals surface area contributed by atoms with E-state index in [9.17, 15) is 18.0 Å². The maximum atomic E-state index is 12.7. The van der Waals surface area contributed by atoms with Gasteiger partial charge in [-0.05, 0) is 18.2 Å². The van der Waals surface area contributed by atoms with Crippen LogP contribution in [-0.2, 0) is 11.0 Å². The Morgan fingerprint density at radius 1 is 1.35 bits per heavy atom. The lowest BCUT2D eigenvalue weighted by molar-refractivity contribution is -0.140. The van der Waals surface area contributed by atoms with Crippen molar-refractivity contribution in [2.75, 3.05) is 6.54 Å². The second kappa shape index (κ2) is 5.18. The van der Waals surface area contributed by atoms with E-state index >= 15 is 0 Å². The van der Waals surface area contributed by atoms with Gasteiger partial charge in [0, 0.05) is 5.92 Å². The van der Waals surface area contributed by atoms with E-state index in [1.54, 1.807) is 0 Å². The Bertz CT molecular complexity index is 404.